The molecule has 0 aliphatic rings. The molecule has 0 aromatic rings. The van der Waals surface area contributed by atoms with Crippen LogP contribution >= 0.6 is 0 Å². The van der Waals surface area contributed by atoms with Crippen molar-refractivity contribution in [3.05, 3.63) is 0 Å². The summed E-state index contributed by atoms with van der Waals surface area (Å²) in [5.41, 5.74) is -0.871. The molecule has 0 radical (unpaired) electrons. The van der Waals surface area contributed by atoms with Gasteiger partial charge in [0.15, 0.2) is 0 Å². The summed E-state index contributed by atoms with van der Waals surface area (Å²) in [5, 5.41) is 0. The van der Waals surface area contributed by atoms with E-state index in [9.17, 15) is 13.0 Å². The van der Waals surface area contributed by atoms with Crippen molar-refractivity contribution in [2.24, 2.45) is 0 Å². The van der Waals surface area contributed by atoms with Gasteiger partial charge in [0.1, 0.15) is 0 Å². The summed E-state index contributed by atoms with van der Waals surface area (Å²) in [5.74, 6) is 0. The molecule has 0 unspecified atom stereocenters. The van der Waals surface area contributed by atoms with Crippen molar-refractivity contribution in [2.75, 3.05) is 0 Å². The fraction of sp³-hybridized carbons (Fsp3) is 1.00. The molecule has 0 heterocycles. The van der Waals surface area contributed by atoms with Gasteiger partial charge < -0.3 is 4.55 Å². The smallest absolute Gasteiger partial charge is 0.726 e. The maximum Gasteiger partial charge on any atom is 1.00 e. The van der Waals surface area contributed by atoms with E-state index in [0.29, 0.717) is 6.42 Å². The summed E-state index contributed by atoms with van der Waals surface area (Å²) >= 11 is 0. The first-order chi connectivity index (χ1) is 7.77. The van der Waals surface area contributed by atoms with Crippen LogP contribution in [0.1, 0.15) is 72.1 Å². The molecule has 0 atom stereocenters. The Morgan fingerprint density at radius 1 is 1.00 bits per heavy atom. The molecule has 0 saturated heterocycles. The molecule has 0 aromatic carbocycles. The summed E-state index contributed by atoms with van der Waals surface area (Å²) in [4.78, 5) is 0. The minimum absolute atomic E-state index is 0. The Morgan fingerprint density at radius 3 is 1.89 bits per heavy atom. The number of hydrogen-bond donors (Lipinski definition) is 0. The Labute approximate surface area is 134 Å². The summed E-state index contributed by atoms with van der Waals surface area (Å²) in [6, 6.07) is 0. The molecular formula is C12H25NaO4S. The molecule has 0 aliphatic carbocycles. The van der Waals surface area contributed by atoms with Crippen LogP contribution in [0.25, 0.3) is 0 Å². The van der Waals surface area contributed by atoms with Gasteiger partial charge in [-0.15, -0.1) is 0 Å². The molecule has 18 heavy (non-hydrogen) atoms. The SMILES string of the molecule is CCCCCCCCCC(C)(C)OS(=O)(=O)[O-].[Na+]. The first-order valence-electron chi connectivity index (χ1n) is 6.43. The zero-order chi connectivity index (χ0) is 13.4. The molecule has 0 spiro atoms. The first-order valence-corrected chi connectivity index (χ1v) is 7.76. The zero-order valence-corrected chi connectivity index (χ0v) is 15.0. The normalized spacial score (nSPS) is 12.2. The Morgan fingerprint density at radius 2 is 1.44 bits per heavy atom. The maximum absolute atomic E-state index is 10.5. The quantitative estimate of drug-likeness (QED) is 0.252. The van der Waals surface area contributed by atoms with E-state index < -0.39 is 16.0 Å². The average molecular weight is 288 g/mol. The van der Waals surface area contributed by atoms with Crippen molar-refractivity contribution in [3.8, 4) is 0 Å². The van der Waals surface area contributed by atoms with Crippen LogP contribution in [0, 0.1) is 0 Å². The van der Waals surface area contributed by atoms with E-state index in [1.165, 1.54) is 32.1 Å². The van der Waals surface area contributed by atoms with E-state index in [1.54, 1.807) is 13.8 Å². The summed E-state index contributed by atoms with van der Waals surface area (Å²) in [6.07, 6.45) is 8.75. The van der Waals surface area contributed by atoms with E-state index >= 15 is 0 Å². The minimum atomic E-state index is -4.59. The Bertz CT molecular complexity index is 288. The molecular weight excluding hydrogens is 263 g/mol. The second-order valence-corrected chi connectivity index (χ2v) is 6.11. The van der Waals surface area contributed by atoms with Crippen LogP contribution in [0.4, 0.5) is 0 Å². The van der Waals surface area contributed by atoms with Gasteiger partial charge in [-0.1, -0.05) is 51.9 Å². The van der Waals surface area contributed by atoms with Crippen molar-refractivity contribution in [3.63, 3.8) is 0 Å². The molecule has 6 heteroatoms. The van der Waals surface area contributed by atoms with Crippen LogP contribution in [0.3, 0.4) is 0 Å². The van der Waals surface area contributed by atoms with Gasteiger partial charge >= 0.3 is 29.6 Å². The molecule has 0 bridgehead atoms. The van der Waals surface area contributed by atoms with Crippen molar-refractivity contribution >= 4 is 10.4 Å². The van der Waals surface area contributed by atoms with Crippen molar-refractivity contribution < 1.29 is 46.7 Å². The second-order valence-electron chi connectivity index (χ2n) is 5.12. The summed E-state index contributed by atoms with van der Waals surface area (Å²) in [6.45, 7) is 5.46. The molecule has 4 nitrogen and oxygen atoms in total. The predicted molar refractivity (Wildman–Crippen MR) is 67.5 cm³/mol. The molecule has 0 rings (SSSR count). The Kier molecular flexibility index (Phi) is 12.5. The third-order valence-corrected chi connectivity index (χ3v) is 3.37. The van der Waals surface area contributed by atoms with Crippen LogP contribution in [0.5, 0.6) is 0 Å². The maximum atomic E-state index is 10.5. The monoisotopic (exact) mass is 288 g/mol. The van der Waals surface area contributed by atoms with E-state index in [0.717, 1.165) is 12.8 Å². The Hall–Kier alpha value is 0.870. The molecule has 0 amide bonds. The largest absolute Gasteiger partial charge is 1.00 e. The predicted octanol–water partition coefficient (Wildman–Crippen LogP) is 0.387. The molecule has 0 N–H and O–H groups in total. The molecule has 104 valence electrons. The van der Waals surface area contributed by atoms with Crippen molar-refractivity contribution in [2.45, 2.75) is 77.7 Å². The van der Waals surface area contributed by atoms with E-state index in [2.05, 4.69) is 11.1 Å². The molecule has 0 aliphatic heterocycles. The zero-order valence-electron chi connectivity index (χ0n) is 12.2. The van der Waals surface area contributed by atoms with Gasteiger partial charge in [0, 0.05) is 0 Å². The Balaban J connectivity index is 0. The molecule has 0 aromatic heterocycles. The van der Waals surface area contributed by atoms with Gasteiger partial charge in [0.2, 0.25) is 10.4 Å². The van der Waals surface area contributed by atoms with Gasteiger partial charge in [0.05, 0.1) is 5.60 Å². The van der Waals surface area contributed by atoms with Crippen molar-refractivity contribution in [1.82, 2.24) is 0 Å². The molecule has 0 saturated carbocycles. The van der Waals surface area contributed by atoms with Gasteiger partial charge in [-0.2, -0.15) is 0 Å². The van der Waals surface area contributed by atoms with Gasteiger partial charge in [0.25, 0.3) is 0 Å². The van der Waals surface area contributed by atoms with Crippen molar-refractivity contribution in [1.29, 1.82) is 0 Å². The fourth-order valence-corrected chi connectivity index (χ4v) is 2.46. The fourth-order valence-electron chi connectivity index (χ4n) is 1.83. The topological polar surface area (TPSA) is 66.4 Å². The van der Waals surface area contributed by atoms with E-state index in [1.807, 2.05) is 0 Å². The van der Waals surface area contributed by atoms with Gasteiger partial charge in [-0.25, -0.2) is 8.42 Å². The minimum Gasteiger partial charge on any atom is -0.726 e. The van der Waals surface area contributed by atoms with E-state index in [4.69, 9.17) is 0 Å². The van der Waals surface area contributed by atoms with E-state index in [-0.39, 0.29) is 29.6 Å². The van der Waals surface area contributed by atoms with Crippen LogP contribution in [0.15, 0.2) is 0 Å². The van der Waals surface area contributed by atoms with Gasteiger partial charge in [-0.3, -0.25) is 4.18 Å². The molecule has 0 fully saturated rings. The number of unbranched alkanes of at least 4 members (excludes halogenated alkanes) is 6. The number of rotatable bonds is 10. The van der Waals surface area contributed by atoms with Crippen LogP contribution in [0.2, 0.25) is 0 Å². The average Bonchev–Trinajstić information content (AvgIpc) is 2.12. The third-order valence-electron chi connectivity index (χ3n) is 2.71. The summed E-state index contributed by atoms with van der Waals surface area (Å²) < 4.78 is 35.9. The van der Waals surface area contributed by atoms with Crippen LogP contribution in [-0.2, 0) is 14.6 Å². The third kappa shape index (κ3) is 14.9. The van der Waals surface area contributed by atoms with Crippen LogP contribution in [-0.4, -0.2) is 18.6 Å². The van der Waals surface area contributed by atoms with Gasteiger partial charge in [-0.05, 0) is 20.3 Å². The standard InChI is InChI=1S/C12H26O4S.Na/c1-4-5-6-7-8-9-10-11-12(2,3)16-17(13,14)15;/h4-11H2,1-3H3,(H,13,14,15);/q;+1/p-1. The second kappa shape index (κ2) is 10.6. The first kappa shape index (κ1) is 21.2. The number of hydrogen-bond acceptors (Lipinski definition) is 4. The summed E-state index contributed by atoms with van der Waals surface area (Å²) in [7, 11) is -4.59. The van der Waals surface area contributed by atoms with Crippen LogP contribution < -0.4 is 29.6 Å².